The molecule has 20 heavy (non-hydrogen) atoms. The Labute approximate surface area is 122 Å². The van der Waals surface area contributed by atoms with Gasteiger partial charge in [-0.15, -0.1) is 0 Å². The zero-order chi connectivity index (χ0) is 14.6. The molecule has 0 aromatic heterocycles. The molecule has 1 rings (SSSR count). The van der Waals surface area contributed by atoms with E-state index in [-0.39, 0.29) is 5.91 Å². The van der Waals surface area contributed by atoms with Crippen molar-refractivity contribution in [1.29, 1.82) is 0 Å². The van der Waals surface area contributed by atoms with Crippen LogP contribution in [-0.4, -0.2) is 45.9 Å². The maximum Gasteiger partial charge on any atom is 0.220 e. The van der Waals surface area contributed by atoms with Crippen molar-refractivity contribution in [3.63, 3.8) is 0 Å². The molecule has 0 heterocycles. The van der Waals surface area contributed by atoms with Crippen LogP contribution in [0.1, 0.15) is 38.5 Å². The lowest BCUT2D eigenvalue weighted by molar-refractivity contribution is -0.122. The Balaban J connectivity index is 1.95. The van der Waals surface area contributed by atoms with Crippen LogP contribution in [-0.2, 0) is 14.3 Å². The number of nitrogens with one attached hydrogen (secondary N) is 1. The topological polar surface area (TPSA) is 73.6 Å². The number of rotatable bonds is 10. The second-order valence-corrected chi connectivity index (χ2v) is 5.64. The molecule has 118 valence electrons. The van der Waals surface area contributed by atoms with Gasteiger partial charge >= 0.3 is 0 Å². The minimum Gasteiger partial charge on any atom is -0.382 e. The van der Waals surface area contributed by atoms with Crippen LogP contribution in [0.2, 0.25) is 0 Å². The Bertz CT molecular complexity index is 254. The SMILES string of the molecule is COCCOCCCNC(=O)CC1CCC(CN)CC1. The fourth-order valence-corrected chi connectivity index (χ4v) is 2.65. The van der Waals surface area contributed by atoms with Gasteiger partial charge in [-0.2, -0.15) is 0 Å². The fourth-order valence-electron chi connectivity index (χ4n) is 2.65. The highest BCUT2D eigenvalue weighted by Crippen LogP contribution is 2.29. The number of methoxy groups -OCH3 is 1. The van der Waals surface area contributed by atoms with Gasteiger partial charge in [-0.1, -0.05) is 0 Å². The quantitative estimate of drug-likeness (QED) is 0.594. The lowest BCUT2D eigenvalue weighted by Crippen LogP contribution is -2.29. The second-order valence-electron chi connectivity index (χ2n) is 5.64. The van der Waals surface area contributed by atoms with E-state index in [1.165, 1.54) is 12.8 Å². The van der Waals surface area contributed by atoms with E-state index >= 15 is 0 Å². The van der Waals surface area contributed by atoms with Crippen molar-refractivity contribution in [2.45, 2.75) is 38.5 Å². The molecule has 0 saturated heterocycles. The normalized spacial score (nSPS) is 22.7. The van der Waals surface area contributed by atoms with Gasteiger partial charge in [0.1, 0.15) is 0 Å². The predicted octanol–water partition coefficient (Wildman–Crippen LogP) is 1.31. The Hall–Kier alpha value is -0.650. The van der Waals surface area contributed by atoms with Gasteiger partial charge in [-0.25, -0.2) is 0 Å². The van der Waals surface area contributed by atoms with E-state index in [0.717, 1.165) is 25.8 Å². The molecule has 1 aliphatic carbocycles. The molecule has 1 amide bonds. The lowest BCUT2D eigenvalue weighted by atomic mass is 9.80. The number of hydrogen-bond acceptors (Lipinski definition) is 4. The van der Waals surface area contributed by atoms with Crippen molar-refractivity contribution in [3.8, 4) is 0 Å². The van der Waals surface area contributed by atoms with E-state index < -0.39 is 0 Å². The zero-order valence-corrected chi connectivity index (χ0v) is 12.7. The van der Waals surface area contributed by atoms with Crippen LogP contribution in [0, 0.1) is 11.8 Å². The van der Waals surface area contributed by atoms with E-state index in [0.29, 0.717) is 44.6 Å². The molecule has 0 aliphatic heterocycles. The van der Waals surface area contributed by atoms with E-state index in [1.54, 1.807) is 7.11 Å². The van der Waals surface area contributed by atoms with Crippen LogP contribution in [0.5, 0.6) is 0 Å². The van der Waals surface area contributed by atoms with Crippen molar-refractivity contribution in [2.24, 2.45) is 17.6 Å². The van der Waals surface area contributed by atoms with E-state index in [9.17, 15) is 4.79 Å². The van der Waals surface area contributed by atoms with Gasteiger partial charge in [-0.3, -0.25) is 4.79 Å². The van der Waals surface area contributed by atoms with Crippen molar-refractivity contribution in [1.82, 2.24) is 5.32 Å². The summed E-state index contributed by atoms with van der Waals surface area (Å²) >= 11 is 0. The molecule has 1 saturated carbocycles. The third-order valence-electron chi connectivity index (χ3n) is 3.99. The summed E-state index contributed by atoms with van der Waals surface area (Å²) in [6.07, 6.45) is 6.19. The van der Waals surface area contributed by atoms with Crippen molar-refractivity contribution >= 4 is 5.91 Å². The van der Waals surface area contributed by atoms with Gasteiger partial charge in [-0.05, 0) is 50.5 Å². The first-order valence-electron chi connectivity index (χ1n) is 7.79. The molecule has 1 aliphatic rings. The third kappa shape index (κ3) is 7.82. The Kier molecular flexibility index (Phi) is 9.62. The lowest BCUT2D eigenvalue weighted by Gasteiger charge is -2.27. The fraction of sp³-hybridized carbons (Fsp3) is 0.933. The molecule has 3 N–H and O–H groups in total. The van der Waals surface area contributed by atoms with Gasteiger partial charge in [0, 0.05) is 26.7 Å². The molecule has 0 radical (unpaired) electrons. The third-order valence-corrected chi connectivity index (χ3v) is 3.99. The van der Waals surface area contributed by atoms with Crippen LogP contribution in [0.15, 0.2) is 0 Å². The Morgan fingerprint density at radius 2 is 1.85 bits per heavy atom. The molecule has 0 spiro atoms. The molecular weight excluding hydrogens is 256 g/mol. The molecule has 0 aromatic rings. The largest absolute Gasteiger partial charge is 0.382 e. The molecule has 0 aromatic carbocycles. The molecule has 0 unspecified atom stereocenters. The maximum absolute atomic E-state index is 11.8. The summed E-state index contributed by atoms with van der Waals surface area (Å²) in [7, 11) is 1.66. The van der Waals surface area contributed by atoms with Crippen LogP contribution in [0.25, 0.3) is 0 Å². The summed E-state index contributed by atoms with van der Waals surface area (Å²) in [5.74, 6) is 1.41. The average molecular weight is 286 g/mol. The molecule has 0 bridgehead atoms. The highest BCUT2D eigenvalue weighted by atomic mass is 16.5. The van der Waals surface area contributed by atoms with Gasteiger partial charge in [0.25, 0.3) is 0 Å². The van der Waals surface area contributed by atoms with Crippen LogP contribution in [0.3, 0.4) is 0 Å². The highest BCUT2D eigenvalue weighted by Gasteiger charge is 2.21. The first-order valence-corrected chi connectivity index (χ1v) is 7.79. The number of amides is 1. The van der Waals surface area contributed by atoms with E-state index in [4.69, 9.17) is 15.2 Å². The summed E-state index contributed by atoms with van der Waals surface area (Å²) in [6, 6.07) is 0. The summed E-state index contributed by atoms with van der Waals surface area (Å²) in [4.78, 5) is 11.8. The van der Waals surface area contributed by atoms with Crippen LogP contribution >= 0.6 is 0 Å². The Morgan fingerprint density at radius 3 is 2.50 bits per heavy atom. The molecule has 5 nitrogen and oxygen atoms in total. The number of hydrogen-bond donors (Lipinski definition) is 2. The molecular formula is C15H30N2O3. The van der Waals surface area contributed by atoms with Gasteiger partial charge < -0.3 is 20.5 Å². The van der Waals surface area contributed by atoms with Crippen LogP contribution < -0.4 is 11.1 Å². The Morgan fingerprint density at radius 1 is 1.15 bits per heavy atom. The first kappa shape index (κ1) is 17.4. The summed E-state index contributed by atoms with van der Waals surface area (Å²) in [6.45, 7) is 3.41. The minimum absolute atomic E-state index is 0.179. The standard InChI is InChI=1S/C15H30N2O3/c1-19-9-10-20-8-2-7-17-15(18)11-13-3-5-14(12-16)6-4-13/h13-14H,2-12,16H2,1H3,(H,17,18). The first-order chi connectivity index (χ1) is 9.76. The van der Waals surface area contributed by atoms with Gasteiger partial charge in [0.2, 0.25) is 5.91 Å². The van der Waals surface area contributed by atoms with Gasteiger partial charge in [0.05, 0.1) is 13.2 Å². The number of carbonyl (C=O) groups is 1. The minimum atomic E-state index is 0.179. The highest BCUT2D eigenvalue weighted by molar-refractivity contribution is 5.76. The van der Waals surface area contributed by atoms with E-state index in [1.807, 2.05) is 0 Å². The van der Waals surface area contributed by atoms with Crippen LogP contribution in [0.4, 0.5) is 0 Å². The summed E-state index contributed by atoms with van der Waals surface area (Å²) in [5, 5.41) is 2.97. The molecule has 0 atom stereocenters. The average Bonchev–Trinajstić information content (AvgIpc) is 2.47. The monoisotopic (exact) mass is 286 g/mol. The van der Waals surface area contributed by atoms with Gasteiger partial charge in [0.15, 0.2) is 0 Å². The smallest absolute Gasteiger partial charge is 0.220 e. The number of carbonyl (C=O) groups excluding carboxylic acids is 1. The zero-order valence-electron chi connectivity index (χ0n) is 12.7. The summed E-state index contributed by atoms with van der Waals surface area (Å²) < 4.78 is 10.2. The summed E-state index contributed by atoms with van der Waals surface area (Å²) in [5.41, 5.74) is 5.68. The second kappa shape index (κ2) is 11.1. The number of nitrogens with two attached hydrogens (primary N) is 1. The van der Waals surface area contributed by atoms with Crippen molar-refractivity contribution in [3.05, 3.63) is 0 Å². The maximum atomic E-state index is 11.8. The van der Waals surface area contributed by atoms with Crippen molar-refractivity contribution < 1.29 is 14.3 Å². The van der Waals surface area contributed by atoms with Crippen molar-refractivity contribution in [2.75, 3.05) is 40.0 Å². The molecule has 5 heteroatoms. The predicted molar refractivity (Wildman–Crippen MR) is 79.4 cm³/mol. The van der Waals surface area contributed by atoms with E-state index in [2.05, 4.69) is 5.32 Å². The number of ether oxygens (including phenoxy) is 2. The molecule has 1 fully saturated rings.